The molecule has 1 N–H and O–H groups in total. The molecule has 2 fully saturated rings. The Bertz CT molecular complexity index is 647. The zero-order valence-electron chi connectivity index (χ0n) is 17.3. The Labute approximate surface area is 172 Å². The Morgan fingerprint density at radius 2 is 1.79 bits per heavy atom. The summed E-state index contributed by atoms with van der Waals surface area (Å²) in [5.74, 6) is 0.254. The lowest BCUT2D eigenvalue weighted by atomic mass is 9.98. The number of thiazole rings is 1. The molecule has 1 saturated carbocycles. The summed E-state index contributed by atoms with van der Waals surface area (Å²) in [5, 5.41) is 3.72. The highest BCUT2D eigenvalue weighted by molar-refractivity contribution is 7.15. The summed E-state index contributed by atoms with van der Waals surface area (Å²) in [7, 11) is 0. The fourth-order valence-corrected chi connectivity index (χ4v) is 5.15. The summed E-state index contributed by atoms with van der Waals surface area (Å²) in [6.45, 7) is 5.56. The van der Waals surface area contributed by atoms with Crippen molar-refractivity contribution in [2.24, 2.45) is 0 Å². The summed E-state index contributed by atoms with van der Waals surface area (Å²) in [5.41, 5.74) is 0. The molecule has 1 aliphatic carbocycles. The number of carbonyl (C=O) groups excluding carboxylic acids is 2. The molecule has 2 heterocycles. The number of urea groups is 1. The van der Waals surface area contributed by atoms with Gasteiger partial charge in [-0.25, -0.2) is 9.78 Å². The number of aryl methyl sites for hydroxylation is 1. The molecule has 6 nitrogen and oxygen atoms in total. The van der Waals surface area contributed by atoms with E-state index in [1.54, 1.807) is 6.20 Å². The minimum absolute atomic E-state index is 0.0143. The zero-order chi connectivity index (χ0) is 19.9. The second-order valence-corrected chi connectivity index (χ2v) is 9.36. The van der Waals surface area contributed by atoms with Crippen LogP contribution in [0.3, 0.4) is 0 Å². The van der Waals surface area contributed by atoms with Crippen LogP contribution in [0.4, 0.5) is 9.93 Å². The van der Waals surface area contributed by atoms with Crippen LogP contribution >= 0.6 is 11.3 Å². The molecule has 156 valence electrons. The molecule has 0 unspecified atom stereocenters. The van der Waals surface area contributed by atoms with Gasteiger partial charge in [-0.05, 0) is 39.0 Å². The first kappa shape index (κ1) is 21.1. The second-order valence-electron chi connectivity index (χ2n) is 8.12. The van der Waals surface area contributed by atoms with Crippen molar-refractivity contribution < 1.29 is 9.59 Å². The Morgan fingerprint density at radius 3 is 2.36 bits per heavy atom. The molecule has 0 spiro atoms. The summed E-state index contributed by atoms with van der Waals surface area (Å²) < 4.78 is 0. The van der Waals surface area contributed by atoms with Gasteiger partial charge in [0.2, 0.25) is 5.91 Å². The highest BCUT2D eigenvalue weighted by atomic mass is 32.1. The van der Waals surface area contributed by atoms with Crippen molar-refractivity contribution in [1.29, 1.82) is 0 Å². The molecule has 3 rings (SSSR count). The van der Waals surface area contributed by atoms with E-state index in [-0.39, 0.29) is 18.0 Å². The van der Waals surface area contributed by atoms with Crippen molar-refractivity contribution in [3.63, 3.8) is 0 Å². The highest BCUT2D eigenvalue weighted by Gasteiger charge is 2.34. The largest absolute Gasteiger partial charge is 0.343 e. The smallest absolute Gasteiger partial charge is 0.324 e. The van der Waals surface area contributed by atoms with E-state index in [0.717, 1.165) is 50.1 Å². The number of anilines is 1. The fourth-order valence-electron chi connectivity index (χ4n) is 4.50. The summed E-state index contributed by atoms with van der Waals surface area (Å²) in [4.78, 5) is 35.0. The molecule has 0 atom stereocenters. The minimum atomic E-state index is -0.0143. The van der Waals surface area contributed by atoms with Crippen molar-refractivity contribution in [3.05, 3.63) is 11.1 Å². The van der Waals surface area contributed by atoms with Gasteiger partial charge in [0, 0.05) is 42.7 Å². The van der Waals surface area contributed by atoms with Crippen LogP contribution in [-0.4, -0.2) is 51.9 Å². The lowest BCUT2D eigenvalue weighted by molar-refractivity contribution is -0.132. The molecular weight excluding hydrogens is 372 g/mol. The fraction of sp³-hybridized carbons (Fsp3) is 0.762. The molecule has 7 heteroatoms. The maximum absolute atomic E-state index is 13.3. The van der Waals surface area contributed by atoms with Crippen molar-refractivity contribution in [1.82, 2.24) is 14.8 Å². The van der Waals surface area contributed by atoms with Crippen LogP contribution in [0.15, 0.2) is 6.20 Å². The molecule has 1 aliphatic heterocycles. The number of nitrogens with one attached hydrogen (secondary N) is 1. The van der Waals surface area contributed by atoms with Crippen molar-refractivity contribution in [2.75, 3.05) is 18.4 Å². The second kappa shape index (κ2) is 10.2. The van der Waals surface area contributed by atoms with Gasteiger partial charge in [0.25, 0.3) is 0 Å². The maximum Gasteiger partial charge on any atom is 0.324 e. The number of nitrogens with zero attached hydrogens (tertiary/aromatic N) is 3. The zero-order valence-corrected chi connectivity index (χ0v) is 18.1. The van der Waals surface area contributed by atoms with E-state index in [0.29, 0.717) is 17.6 Å². The van der Waals surface area contributed by atoms with E-state index in [9.17, 15) is 9.59 Å². The first-order valence-electron chi connectivity index (χ1n) is 10.9. The molecule has 0 bridgehead atoms. The molecule has 2 aliphatic rings. The molecule has 1 saturated heterocycles. The number of amides is 3. The Hall–Kier alpha value is -1.63. The van der Waals surface area contributed by atoms with Crippen LogP contribution in [0.2, 0.25) is 0 Å². The molecule has 1 aromatic heterocycles. The maximum atomic E-state index is 13.3. The van der Waals surface area contributed by atoms with Gasteiger partial charge in [-0.2, -0.15) is 0 Å². The predicted molar refractivity (Wildman–Crippen MR) is 114 cm³/mol. The highest BCUT2D eigenvalue weighted by Crippen LogP contribution is 2.29. The van der Waals surface area contributed by atoms with E-state index in [1.807, 2.05) is 18.7 Å². The molecular formula is C21H34N4O2S. The molecule has 28 heavy (non-hydrogen) atoms. The third-order valence-electron chi connectivity index (χ3n) is 5.96. The number of piperidine rings is 1. The van der Waals surface area contributed by atoms with Crippen molar-refractivity contribution in [3.8, 4) is 0 Å². The van der Waals surface area contributed by atoms with E-state index in [2.05, 4.69) is 15.2 Å². The van der Waals surface area contributed by atoms with Crippen LogP contribution in [0.25, 0.3) is 0 Å². The SMILES string of the molecule is CCCC(=O)N1CCC(N(C(=O)Nc2ncc(C)s2)C2CCCCCC2)CC1. The Kier molecular flexibility index (Phi) is 7.71. The van der Waals surface area contributed by atoms with Gasteiger partial charge in [-0.3, -0.25) is 10.1 Å². The van der Waals surface area contributed by atoms with E-state index in [1.165, 1.54) is 37.0 Å². The Balaban J connectivity index is 1.69. The van der Waals surface area contributed by atoms with E-state index in [4.69, 9.17) is 0 Å². The monoisotopic (exact) mass is 406 g/mol. The van der Waals surface area contributed by atoms with Gasteiger partial charge in [0.15, 0.2) is 5.13 Å². The molecule has 3 amide bonds. The van der Waals surface area contributed by atoms with E-state index < -0.39 is 0 Å². The third kappa shape index (κ3) is 5.46. The van der Waals surface area contributed by atoms with E-state index >= 15 is 0 Å². The average Bonchev–Trinajstić information content (AvgIpc) is 2.92. The van der Waals surface area contributed by atoms with Crippen molar-refractivity contribution >= 4 is 28.4 Å². The number of hydrogen-bond donors (Lipinski definition) is 1. The number of likely N-dealkylation sites (tertiary alicyclic amines) is 1. The molecule has 1 aromatic rings. The predicted octanol–water partition coefficient (Wildman–Crippen LogP) is 4.80. The van der Waals surface area contributed by atoms with Crippen molar-refractivity contribution in [2.45, 2.75) is 90.1 Å². The number of hydrogen-bond acceptors (Lipinski definition) is 4. The normalized spacial score (nSPS) is 19.3. The van der Waals surface area contributed by atoms with Crippen LogP contribution in [0.5, 0.6) is 0 Å². The average molecular weight is 407 g/mol. The topological polar surface area (TPSA) is 65.5 Å². The summed E-state index contributed by atoms with van der Waals surface area (Å²) >= 11 is 1.52. The first-order valence-corrected chi connectivity index (χ1v) is 11.7. The lowest BCUT2D eigenvalue weighted by Gasteiger charge is -2.42. The first-order chi connectivity index (χ1) is 13.6. The third-order valence-corrected chi connectivity index (χ3v) is 6.79. The van der Waals surface area contributed by atoms with Gasteiger partial charge >= 0.3 is 6.03 Å². The van der Waals surface area contributed by atoms with Crippen LogP contribution < -0.4 is 5.32 Å². The minimum Gasteiger partial charge on any atom is -0.343 e. The van der Waals surface area contributed by atoms with Gasteiger partial charge in [0.05, 0.1) is 0 Å². The van der Waals surface area contributed by atoms with Crippen LogP contribution in [0, 0.1) is 6.92 Å². The van der Waals surface area contributed by atoms with Gasteiger partial charge in [-0.1, -0.05) is 32.6 Å². The summed E-state index contributed by atoms with van der Waals surface area (Å²) in [6.07, 6.45) is 12.1. The number of aromatic nitrogens is 1. The lowest BCUT2D eigenvalue weighted by Crippen LogP contribution is -2.53. The quantitative estimate of drug-likeness (QED) is 0.714. The van der Waals surface area contributed by atoms with Gasteiger partial charge in [-0.15, -0.1) is 11.3 Å². The van der Waals surface area contributed by atoms with Crippen LogP contribution in [-0.2, 0) is 4.79 Å². The number of carbonyl (C=O) groups is 2. The van der Waals surface area contributed by atoms with Crippen LogP contribution in [0.1, 0.15) is 76.0 Å². The van der Waals surface area contributed by atoms with Gasteiger partial charge in [0.1, 0.15) is 0 Å². The standard InChI is InChI=1S/C21H34N4O2S/c1-3-8-19(26)24-13-11-18(12-14-24)25(17-9-6-4-5-7-10-17)21(27)23-20-22-15-16(2)28-20/h15,17-18H,3-14H2,1-2H3,(H,22,23,27). The summed E-state index contributed by atoms with van der Waals surface area (Å²) in [6, 6.07) is 0.487. The molecule has 0 aromatic carbocycles. The molecule has 0 radical (unpaired) electrons. The Morgan fingerprint density at radius 1 is 1.14 bits per heavy atom. The number of rotatable bonds is 5. The van der Waals surface area contributed by atoms with Gasteiger partial charge < -0.3 is 9.80 Å².